The molecule has 544 valence electrons. The Labute approximate surface area is 573 Å². The van der Waals surface area contributed by atoms with Crippen LogP contribution in [0.2, 0.25) is 0 Å². The molecule has 0 fully saturated rings. The molecule has 0 spiro atoms. The van der Waals surface area contributed by atoms with Gasteiger partial charge in [0.2, 0.25) is 70.9 Å². The van der Waals surface area contributed by atoms with Crippen LogP contribution in [0.15, 0.2) is 59.7 Å². The summed E-state index contributed by atoms with van der Waals surface area (Å²) in [4.78, 5) is 164. The van der Waals surface area contributed by atoms with Gasteiger partial charge < -0.3 is 97.2 Å². The van der Waals surface area contributed by atoms with Crippen molar-refractivity contribution < 1.29 is 62.6 Å². The standard InChI is InChI=1S/C67H108N18O13/c1-40(2)34-52(59(70)91)84-65(97)53(35-41(3)4)82-58(90)39-78-60(92)42(5)79-61(93)43(6)80-64(96)51(21-17-33-76-67(71)72)81-57(89)24-12-15-31-74-55(87)22-10-14-30-73-56(88)23-11-16-32-75-63(95)50(20-9-13-29-68)83-66(98)54(36-44-25-27-46(86)28-26-44)85-62(94)48(69)37-45-38-77-49-19-8-7-18-47(45)49/h7-8,18-19,25-28,38,40-43,48,50-54,77,86H,9-17,20-24,29-37,39,68-69H2,1-6H3,(H2,70,91)(H,73,88)(H,74,87)(H,75,95)(H,78,92)(H,79,93)(H,80,96)(H,81,89)(H,82,90)(H,83,98)(H,84,97)(H,85,94)(H4,71,72,76)/t42-,43-,48-,50-,51+,52-,53-,54-/m0/s1. The first kappa shape index (κ1) is 82.8. The highest BCUT2D eigenvalue weighted by atomic mass is 16.3. The largest absolute Gasteiger partial charge is 0.508 e. The van der Waals surface area contributed by atoms with Gasteiger partial charge >= 0.3 is 0 Å². The number of amides is 12. The van der Waals surface area contributed by atoms with Crippen LogP contribution in [0.4, 0.5) is 0 Å². The second-order valence-corrected chi connectivity index (χ2v) is 25.4. The predicted molar refractivity (Wildman–Crippen MR) is 371 cm³/mol. The van der Waals surface area contributed by atoms with E-state index in [4.69, 9.17) is 28.7 Å². The van der Waals surface area contributed by atoms with E-state index < -0.39 is 114 Å². The van der Waals surface area contributed by atoms with E-state index in [1.807, 2.05) is 52.0 Å². The summed E-state index contributed by atoms with van der Waals surface area (Å²) in [6.07, 6.45) is 7.58. The second-order valence-electron chi connectivity index (χ2n) is 25.4. The van der Waals surface area contributed by atoms with Crippen LogP contribution in [0, 0.1) is 11.8 Å². The molecule has 0 saturated carbocycles. The number of aromatic nitrogens is 1. The number of phenols is 1. The Bertz CT molecular complexity index is 3100. The van der Waals surface area contributed by atoms with Gasteiger partial charge in [0.1, 0.15) is 48.0 Å². The smallest absolute Gasteiger partial charge is 0.243 e. The number of hydrogen-bond donors (Lipinski definition) is 18. The number of aromatic hydroxyl groups is 1. The van der Waals surface area contributed by atoms with Gasteiger partial charge in [-0.05, 0) is 151 Å². The molecule has 12 amide bonds. The Morgan fingerprint density at radius 1 is 0.480 bits per heavy atom. The molecule has 0 aliphatic carbocycles. The predicted octanol–water partition coefficient (Wildman–Crippen LogP) is -0.845. The van der Waals surface area contributed by atoms with Crippen LogP contribution >= 0.6 is 0 Å². The number of hydrogen-bond acceptors (Lipinski definition) is 16. The number of H-pyrrole nitrogens is 1. The number of benzene rings is 2. The van der Waals surface area contributed by atoms with Crippen molar-refractivity contribution in [2.24, 2.45) is 45.5 Å². The van der Waals surface area contributed by atoms with Gasteiger partial charge in [0.05, 0.1) is 12.6 Å². The van der Waals surface area contributed by atoms with Gasteiger partial charge in [0.25, 0.3) is 0 Å². The van der Waals surface area contributed by atoms with Crippen molar-refractivity contribution in [2.45, 2.75) is 205 Å². The van der Waals surface area contributed by atoms with Crippen molar-refractivity contribution in [3.8, 4) is 5.75 Å². The van der Waals surface area contributed by atoms with E-state index in [1.54, 1.807) is 18.3 Å². The molecule has 2 aromatic carbocycles. The number of rotatable bonds is 48. The summed E-state index contributed by atoms with van der Waals surface area (Å²) in [5.74, 6) is -6.75. The molecule has 98 heavy (non-hydrogen) atoms. The number of carbonyl (C=O) groups is 12. The third-order valence-electron chi connectivity index (χ3n) is 15.7. The number of guanidine groups is 1. The van der Waals surface area contributed by atoms with Gasteiger partial charge in [0.15, 0.2) is 5.96 Å². The van der Waals surface area contributed by atoms with Crippen LogP contribution in [-0.4, -0.2) is 175 Å². The SMILES string of the molecule is CC(C)C[C@H](NC(=O)[C@H](CC(C)C)NC(=O)CNC(=O)[C@H](C)NC(=O)[C@H](C)NC(=O)[C@@H](CCCN=C(N)N)NC(=O)CCCCNC(=O)CCCCNC(=O)CCCCNC(=O)[C@H](CCCCN)NC(=O)[C@H](Cc1ccc(O)cc1)NC(=O)[C@@H](N)Cc1c[nH]c2ccccc12)C(N)=O. The van der Waals surface area contributed by atoms with Gasteiger partial charge in [-0.2, -0.15) is 0 Å². The number of carbonyl (C=O) groups excluding carboxylic acids is 12. The van der Waals surface area contributed by atoms with E-state index in [0.29, 0.717) is 76.4 Å². The quantitative estimate of drug-likeness (QED) is 0.0186. The average molecular weight is 1370 g/mol. The minimum atomic E-state index is -1.18. The average Bonchev–Trinajstić information content (AvgIpc) is 1.71. The van der Waals surface area contributed by atoms with Crippen LogP contribution in [0.3, 0.4) is 0 Å². The lowest BCUT2D eigenvalue weighted by molar-refractivity contribution is -0.134. The first-order valence-electron chi connectivity index (χ1n) is 33.9. The number of aromatic amines is 1. The zero-order valence-corrected chi connectivity index (χ0v) is 57.6. The van der Waals surface area contributed by atoms with Crippen LogP contribution in [0.25, 0.3) is 10.9 Å². The molecule has 0 bridgehead atoms. The maximum atomic E-state index is 14.0. The summed E-state index contributed by atoms with van der Waals surface area (Å²) < 4.78 is 0. The second kappa shape index (κ2) is 45.2. The van der Waals surface area contributed by atoms with E-state index in [-0.39, 0.29) is 113 Å². The number of nitrogens with one attached hydrogen (secondary N) is 12. The third-order valence-corrected chi connectivity index (χ3v) is 15.7. The monoisotopic (exact) mass is 1370 g/mol. The molecule has 1 aromatic heterocycles. The van der Waals surface area contributed by atoms with Crippen LogP contribution < -0.4 is 87.2 Å². The summed E-state index contributed by atoms with van der Waals surface area (Å²) in [5, 5.41) is 40.3. The Morgan fingerprint density at radius 3 is 1.59 bits per heavy atom. The maximum absolute atomic E-state index is 14.0. The molecule has 3 rings (SSSR count). The molecule has 0 aliphatic heterocycles. The maximum Gasteiger partial charge on any atom is 0.243 e. The Balaban J connectivity index is 1.36. The fourth-order valence-electron chi connectivity index (χ4n) is 10.3. The summed E-state index contributed by atoms with van der Waals surface area (Å²) in [5.41, 5.74) is 30.9. The number of unbranched alkanes of at least 4 members (excludes halogenated alkanes) is 4. The number of aliphatic imine (C=N–C) groups is 1. The summed E-state index contributed by atoms with van der Waals surface area (Å²) in [7, 11) is 0. The highest BCUT2D eigenvalue weighted by molar-refractivity contribution is 5.97. The molecule has 0 aliphatic rings. The minimum Gasteiger partial charge on any atom is -0.508 e. The molecule has 0 radical (unpaired) electrons. The number of nitrogens with zero attached hydrogens (tertiary/aromatic N) is 1. The van der Waals surface area contributed by atoms with Gasteiger partial charge in [-0.1, -0.05) is 58.0 Å². The lowest BCUT2D eigenvalue weighted by atomic mass is 10.0. The Hall–Kier alpha value is -9.39. The Morgan fingerprint density at radius 2 is 0.990 bits per heavy atom. The van der Waals surface area contributed by atoms with E-state index in [9.17, 15) is 62.6 Å². The molecule has 3 aromatic rings. The first-order valence-corrected chi connectivity index (χ1v) is 33.9. The minimum absolute atomic E-state index is 0.0115. The molecular weight excluding hydrogens is 1260 g/mol. The molecule has 1 heterocycles. The van der Waals surface area contributed by atoms with Crippen molar-refractivity contribution in [1.29, 1.82) is 0 Å². The van der Waals surface area contributed by atoms with Crippen molar-refractivity contribution >= 4 is 87.7 Å². The summed E-state index contributed by atoms with van der Waals surface area (Å²) >= 11 is 0. The number of phenolic OH excluding ortho intramolecular Hbond substituents is 1. The fraction of sp³-hybridized carbons (Fsp3) is 0.597. The van der Waals surface area contributed by atoms with Gasteiger partial charge in [-0.15, -0.1) is 0 Å². The molecule has 31 heteroatoms. The highest BCUT2D eigenvalue weighted by Gasteiger charge is 2.31. The zero-order chi connectivity index (χ0) is 72.7. The van der Waals surface area contributed by atoms with Crippen LogP contribution in [-0.2, 0) is 70.4 Å². The first-order chi connectivity index (χ1) is 46.6. The number of primary amides is 1. The zero-order valence-electron chi connectivity index (χ0n) is 57.6. The van der Waals surface area contributed by atoms with E-state index in [0.717, 1.165) is 16.5 Å². The molecule has 8 atom stereocenters. The normalized spacial score (nSPS) is 13.6. The third kappa shape index (κ3) is 33.5. The van der Waals surface area contributed by atoms with Crippen LogP contribution in [0.5, 0.6) is 5.75 Å². The lowest BCUT2D eigenvalue weighted by Crippen LogP contribution is -2.56. The van der Waals surface area contributed by atoms with Gasteiger partial charge in [-0.3, -0.25) is 62.5 Å². The van der Waals surface area contributed by atoms with Crippen LogP contribution in [0.1, 0.15) is 155 Å². The van der Waals surface area contributed by atoms with E-state index in [2.05, 4.69) is 68.5 Å². The van der Waals surface area contributed by atoms with Crippen molar-refractivity contribution in [3.05, 3.63) is 65.9 Å². The number of nitrogens with two attached hydrogens (primary N) is 5. The fourth-order valence-corrected chi connectivity index (χ4v) is 10.3. The van der Waals surface area contributed by atoms with E-state index >= 15 is 0 Å². The van der Waals surface area contributed by atoms with Gasteiger partial charge in [-0.25, -0.2) is 0 Å². The molecule has 23 N–H and O–H groups in total. The van der Waals surface area contributed by atoms with Gasteiger partial charge in [0, 0.05) is 69.0 Å². The lowest BCUT2D eigenvalue weighted by Gasteiger charge is -2.24. The Kier molecular flexibility index (Phi) is 38.2. The van der Waals surface area contributed by atoms with Crippen molar-refractivity contribution in [1.82, 2.24) is 63.5 Å². The van der Waals surface area contributed by atoms with E-state index in [1.165, 1.54) is 26.0 Å². The topological polar surface area (TPSA) is 516 Å². The molecular formula is C67H108N18O13. The molecule has 0 unspecified atom stereocenters. The molecule has 31 nitrogen and oxygen atoms in total. The van der Waals surface area contributed by atoms with Crippen molar-refractivity contribution in [3.63, 3.8) is 0 Å². The summed E-state index contributed by atoms with van der Waals surface area (Å²) in [6, 6.07) is 5.35. The highest BCUT2D eigenvalue weighted by Crippen LogP contribution is 2.20. The molecule has 0 saturated heterocycles. The number of fused-ring (bicyclic) bond motifs is 1. The number of para-hydroxylation sites is 1. The summed E-state index contributed by atoms with van der Waals surface area (Å²) in [6.45, 7) is 11.0. The van der Waals surface area contributed by atoms with Crippen molar-refractivity contribution in [2.75, 3.05) is 39.3 Å².